The van der Waals surface area contributed by atoms with Crippen LogP contribution in [0.5, 0.6) is 0 Å². The Kier molecular flexibility index (Phi) is 8.70. The van der Waals surface area contributed by atoms with E-state index >= 15 is 0 Å². The lowest BCUT2D eigenvalue weighted by atomic mass is 10.2. The first kappa shape index (κ1) is 23.2. The van der Waals surface area contributed by atoms with Crippen LogP contribution in [0.2, 0.25) is 10.0 Å². The van der Waals surface area contributed by atoms with E-state index in [1.165, 1.54) is 36.4 Å². The van der Waals surface area contributed by atoms with Crippen molar-refractivity contribution in [3.8, 4) is 0 Å². The van der Waals surface area contributed by atoms with Gasteiger partial charge in [-0.15, -0.1) is 0 Å². The Bertz CT molecular complexity index is 917. The maximum absolute atomic E-state index is 12.0. The lowest BCUT2D eigenvalue weighted by molar-refractivity contribution is -0.151. The summed E-state index contributed by atoms with van der Waals surface area (Å²) < 4.78 is 9.96. The van der Waals surface area contributed by atoms with Crippen LogP contribution in [0.15, 0.2) is 41.0 Å². The van der Waals surface area contributed by atoms with E-state index in [9.17, 15) is 19.2 Å². The largest absolute Gasteiger partial charge is 0.467 e. The van der Waals surface area contributed by atoms with Crippen LogP contribution >= 0.6 is 23.2 Å². The molecule has 0 saturated heterocycles. The van der Waals surface area contributed by atoms with Gasteiger partial charge in [0.15, 0.2) is 6.61 Å². The number of furan rings is 1. The van der Waals surface area contributed by atoms with Gasteiger partial charge in [0.25, 0.3) is 11.8 Å². The van der Waals surface area contributed by atoms with E-state index in [4.69, 9.17) is 32.4 Å². The number of benzene rings is 1. The van der Waals surface area contributed by atoms with Crippen molar-refractivity contribution in [2.75, 3.05) is 26.7 Å². The van der Waals surface area contributed by atoms with Gasteiger partial charge >= 0.3 is 5.97 Å². The van der Waals surface area contributed by atoms with E-state index in [0.29, 0.717) is 10.8 Å². The van der Waals surface area contributed by atoms with Gasteiger partial charge in [-0.1, -0.05) is 23.2 Å². The number of carbonyl (C=O) groups excluding carboxylic acids is 4. The molecule has 0 atom stereocenters. The molecular formula is C19H19Cl2N3O6. The molecule has 9 nitrogen and oxygen atoms in total. The Morgan fingerprint density at radius 2 is 1.87 bits per heavy atom. The molecular weight excluding hydrogens is 437 g/mol. The number of nitrogens with zero attached hydrogens (tertiary/aromatic N) is 1. The molecule has 3 amide bonds. The summed E-state index contributed by atoms with van der Waals surface area (Å²) >= 11 is 11.7. The SMILES string of the molecule is CN(Cc1ccco1)C(=O)COC(=O)CNC(=O)CNC(=O)c1ccc(Cl)cc1Cl. The van der Waals surface area contributed by atoms with Gasteiger partial charge in [0.1, 0.15) is 12.3 Å². The van der Waals surface area contributed by atoms with E-state index in [1.54, 1.807) is 12.1 Å². The number of carbonyl (C=O) groups is 4. The molecule has 2 N–H and O–H groups in total. The second-order valence-electron chi connectivity index (χ2n) is 6.07. The summed E-state index contributed by atoms with van der Waals surface area (Å²) in [5, 5.41) is 5.17. The summed E-state index contributed by atoms with van der Waals surface area (Å²) in [6.45, 7) is -1.07. The van der Waals surface area contributed by atoms with Gasteiger partial charge in [0.05, 0.1) is 29.9 Å². The van der Waals surface area contributed by atoms with Crippen LogP contribution < -0.4 is 10.6 Å². The minimum absolute atomic E-state index is 0.144. The van der Waals surface area contributed by atoms with E-state index in [1.807, 2.05) is 0 Å². The van der Waals surface area contributed by atoms with Crippen LogP contribution in [0.25, 0.3) is 0 Å². The van der Waals surface area contributed by atoms with Gasteiger partial charge in [-0.05, 0) is 30.3 Å². The van der Waals surface area contributed by atoms with Gasteiger partial charge in [0.2, 0.25) is 5.91 Å². The molecule has 1 aromatic carbocycles. The Labute approximate surface area is 182 Å². The molecule has 0 aliphatic carbocycles. The Hall–Kier alpha value is -3.04. The van der Waals surface area contributed by atoms with Crippen molar-refractivity contribution in [2.24, 2.45) is 0 Å². The molecule has 1 aromatic heterocycles. The van der Waals surface area contributed by atoms with Crippen molar-refractivity contribution in [1.29, 1.82) is 0 Å². The van der Waals surface area contributed by atoms with Crippen LogP contribution in [0.4, 0.5) is 0 Å². The number of ether oxygens (including phenoxy) is 1. The van der Waals surface area contributed by atoms with E-state index in [2.05, 4.69) is 10.6 Å². The first-order valence-electron chi connectivity index (χ1n) is 8.68. The molecule has 0 aliphatic rings. The van der Waals surface area contributed by atoms with E-state index in [0.717, 1.165) is 0 Å². The van der Waals surface area contributed by atoms with Gasteiger partial charge in [-0.3, -0.25) is 19.2 Å². The summed E-state index contributed by atoms with van der Waals surface area (Å²) in [5.74, 6) is -1.83. The molecule has 1 heterocycles. The maximum Gasteiger partial charge on any atom is 0.325 e. The fraction of sp³-hybridized carbons (Fsp3) is 0.263. The summed E-state index contributed by atoms with van der Waals surface area (Å²) in [4.78, 5) is 48.7. The first-order chi connectivity index (χ1) is 14.3. The second-order valence-corrected chi connectivity index (χ2v) is 6.92. The highest BCUT2D eigenvalue weighted by Crippen LogP contribution is 2.20. The fourth-order valence-corrected chi connectivity index (χ4v) is 2.68. The third kappa shape index (κ3) is 7.41. The van der Waals surface area contributed by atoms with Crippen LogP contribution in [-0.2, 0) is 25.7 Å². The third-order valence-corrected chi connectivity index (χ3v) is 4.32. The molecule has 0 saturated carbocycles. The molecule has 0 bridgehead atoms. The molecule has 0 fully saturated rings. The summed E-state index contributed by atoms with van der Waals surface area (Å²) in [6, 6.07) is 7.73. The third-order valence-electron chi connectivity index (χ3n) is 3.77. The average molecular weight is 456 g/mol. The molecule has 0 unspecified atom stereocenters. The van der Waals surface area contributed by atoms with Crippen molar-refractivity contribution >= 4 is 46.9 Å². The molecule has 30 heavy (non-hydrogen) atoms. The normalized spacial score (nSPS) is 10.2. The molecule has 11 heteroatoms. The van der Waals surface area contributed by atoms with Crippen LogP contribution in [0, 0.1) is 0 Å². The number of hydrogen-bond donors (Lipinski definition) is 2. The van der Waals surface area contributed by atoms with Crippen LogP contribution in [0.1, 0.15) is 16.1 Å². The second kappa shape index (κ2) is 11.2. The number of nitrogens with one attached hydrogen (secondary N) is 2. The van der Waals surface area contributed by atoms with Gasteiger partial charge in [-0.25, -0.2) is 0 Å². The Morgan fingerprint density at radius 3 is 2.53 bits per heavy atom. The Balaban J connectivity index is 1.65. The highest BCUT2D eigenvalue weighted by molar-refractivity contribution is 6.36. The van der Waals surface area contributed by atoms with Gasteiger partial charge < -0.3 is 24.7 Å². The zero-order chi connectivity index (χ0) is 22.1. The van der Waals surface area contributed by atoms with Crippen LogP contribution in [0.3, 0.4) is 0 Å². The van der Waals surface area contributed by atoms with Gasteiger partial charge in [0, 0.05) is 12.1 Å². The number of esters is 1. The number of halogens is 2. The van der Waals surface area contributed by atoms with E-state index in [-0.39, 0.29) is 23.7 Å². The topological polar surface area (TPSA) is 118 Å². The maximum atomic E-state index is 12.0. The number of likely N-dealkylation sites (N-methyl/N-ethyl adjacent to an activating group) is 1. The van der Waals surface area contributed by atoms with E-state index < -0.39 is 36.8 Å². The zero-order valence-electron chi connectivity index (χ0n) is 15.9. The summed E-state index contributed by atoms with van der Waals surface area (Å²) in [6.07, 6.45) is 1.49. The van der Waals surface area contributed by atoms with Crippen LogP contribution in [-0.4, -0.2) is 55.3 Å². The zero-order valence-corrected chi connectivity index (χ0v) is 17.5. The smallest absolute Gasteiger partial charge is 0.325 e. The highest BCUT2D eigenvalue weighted by Gasteiger charge is 2.15. The van der Waals surface area contributed by atoms with Crippen molar-refractivity contribution in [3.05, 3.63) is 58.0 Å². The monoisotopic (exact) mass is 455 g/mol. The van der Waals surface area contributed by atoms with Crippen molar-refractivity contribution < 1.29 is 28.3 Å². The number of rotatable bonds is 9. The molecule has 160 valence electrons. The molecule has 0 aliphatic heterocycles. The van der Waals surface area contributed by atoms with Crippen molar-refractivity contribution in [3.63, 3.8) is 0 Å². The molecule has 0 radical (unpaired) electrons. The summed E-state index contributed by atoms with van der Waals surface area (Å²) in [5.41, 5.74) is 0.158. The summed E-state index contributed by atoms with van der Waals surface area (Å²) in [7, 11) is 1.54. The lowest BCUT2D eigenvalue weighted by Gasteiger charge is -2.15. The van der Waals surface area contributed by atoms with Crippen molar-refractivity contribution in [2.45, 2.75) is 6.54 Å². The minimum atomic E-state index is -0.796. The molecule has 2 aromatic rings. The quantitative estimate of drug-likeness (QED) is 0.554. The average Bonchev–Trinajstić information content (AvgIpc) is 3.21. The number of amides is 3. The first-order valence-corrected chi connectivity index (χ1v) is 9.43. The minimum Gasteiger partial charge on any atom is -0.467 e. The van der Waals surface area contributed by atoms with Crippen molar-refractivity contribution in [1.82, 2.24) is 15.5 Å². The lowest BCUT2D eigenvalue weighted by Crippen LogP contribution is -2.40. The molecule has 0 spiro atoms. The fourth-order valence-electron chi connectivity index (χ4n) is 2.19. The predicted molar refractivity (Wildman–Crippen MR) is 108 cm³/mol. The molecule has 2 rings (SSSR count). The Morgan fingerprint density at radius 1 is 1.10 bits per heavy atom. The highest BCUT2D eigenvalue weighted by atomic mass is 35.5. The van der Waals surface area contributed by atoms with Gasteiger partial charge in [-0.2, -0.15) is 0 Å². The standard InChI is InChI=1S/C19H19Cl2N3O6/c1-24(10-13-3-2-6-29-13)17(26)11-30-18(27)9-22-16(25)8-23-19(28)14-5-4-12(20)7-15(14)21/h2-7H,8-11H2,1H3,(H,22,25)(H,23,28). The predicted octanol–water partition coefficient (Wildman–Crippen LogP) is 1.63. The number of hydrogen-bond acceptors (Lipinski definition) is 6.